The molecule has 1 heterocycles. The summed E-state index contributed by atoms with van der Waals surface area (Å²) in [5, 5.41) is 16.2. The van der Waals surface area contributed by atoms with Gasteiger partial charge in [0.2, 0.25) is 0 Å². The van der Waals surface area contributed by atoms with E-state index in [0.29, 0.717) is 11.3 Å². The number of carbonyl (C=O) groups excluding carboxylic acids is 1. The zero-order chi connectivity index (χ0) is 16.8. The third-order valence-electron chi connectivity index (χ3n) is 4.43. The van der Waals surface area contributed by atoms with Crippen LogP contribution < -0.4 is 5.56 Å². The van der Waals surface area contributed by atoms with E-state index in [9.17, 15) is 14.7 Å². The Morgan fingerprint density at radius 2 is 2.00 bits per heavy atom. The van der Waals surface area contributed by atoms with E-state index >= 15 is 0 Å². The summed E-state index contributed by atoms with van der Waals surface area (Å²) >= 11 is 3.37. The average Bonchev–Trinajstić information content (AvgIpc) is 2.85. The molecule has 0 amide bonds. The van der Waals surface area contributed by atoms with E-state index in [0.717, 1.165) is 10.0 Å². The molecule has 3 N–H and O–H groups in total. The molecular formula is C16H17BrN2O4. The maximum absolute atomic E-state index is 12.4. The van der Waals surface area contributed by atoms with Crippen molar-refractivity contribution in [3.05, 3.63) is 55.9 Å². The number of hydrogen-bond donors (Lipinski definition) is 3. The van der Waals surface area contributed by atoms with Crippen LogP contribution in [-0.2, 0) is 16.0 Å². The Morgan fingerprint density at radius 3 is 2.61 bits per heavy atom. The van der Waals surface area contributed by atoms with Crippen molar-refractivity contribution < 1.29 is 14.6 Å². The first-order valence-electron chi connectivity index (χ1n) is 7.20. The highest BCUT2D eigenvalue weighted by molar-refractivity contribution is 9.10. The van der Waals surface area contributed by atoms with Gasteiger partial charge in [0.1, 0.15) is 0 Å². The fourth-order valence-electron chi connectivity index (χ4n) is 3.41. The van der Waals surface area contributed by atoms with E-state index in [1.54, 1.807) is 6.92 Å². The van der Waals surface area contributed by atoms with Crippen molar-refractivity contribution in [2.75, 3.05) is 7.11 Å². The van der Waals surface area contributed by atoms with E-state index in [1.165, 1.54) is 7.11 Å². The largest absolute Gasteiger partial charge is 0.469 e. The van der Waals surface area contributed by atoms with Gasteiger partial charge in [-0.05, 0) is 24.6 Å². The van der Waals surface area contributed by atoms with E-state index in [-0.39, 0.29) is 12.0 Å². The van der Waals surface area contributed by atoms with Gasteiger partial charge in [-0.2, -0.15) is 0 Å². The number of halogens is 1. The van der Waals surface area contributed by atoms with Crippen molar-refractivity contribution >= 4 is 21.9 Å². The van der Waals surface area contributed by atoms with Gasteiger partial charge in [-0.25, -0.2) is 0 Å². The third kappa shape index (κ3) is 2.64. The number of aliphatic hydroxyl groups is 1. The predicted octanol–water partition coefficient (Wildman–Crippen LogP) is 1.69. The van der Waals surface area contributed by atoms with Crippen molar-refractivity contribution in [3.8, 4) is 0 Å². The van der Waals surface area contributed by atoms with E-state index in [4.69, 9.17) is 4.74 Å². The van der Waals surface area contributed by atoms with Crippen LogP contribution >= 0.6 is 15.9 Å². The van der Waals surface area contributed by atoms with Crippen LogP contribution in [0.15, 0.2) is 33.5 Å². The highest BCUT2D eigenvalue weighted by Crippen LogP contribution is 2.44. The predicted molar refractivity (Wildman–Crippen MR) is 87.2 cm³/mol. The Morgan fingerprint density at radius 1 is 1.35 bits per heavy atom. The number of nitrogens with one attached hydrogen (secondary N) is 2. The van der Waals surface area contributed by atoms with Crippen molar-refractivity contribution in [2.45, 2.75) is 24.9 Å². The lowest BCUT2D eigenvalue weighted by Crippen LogP contribution is -2.49. The second kappa shape index (κ2) is 5.65. The molecule has 0 spiro atoms. The van der Waals surface area contributed by atoms with Gasteiger partial charge in [0.15, 0.2) is 0 Å². The van der Waals surface area contributed by atoms with Crippen LogP contribution in [0.5, 0.6) is 0 Å². The zero-order valence-electron chi connectivity index (χ0n) is 12.7. The summed E-state index contributed by atoms with van der Waals surface area (Å²) in [5.74, 6) is -1.98. The fraction of sp³-hybridized carbons (Fsp3) is 0.375. The Hall–Kier alpha value is -1.86. The maximum Gasteiger partial charge on any atom is 0.312 e. The number of aromatic nitrogens is 2. The van der Waals surface area contributed by atoms with Crippen LogP contribution in [0.3, 0.4) is 0 Å². The highest BCUT2D eigenvalue weighted by Gasteiger charge is 2.50. The number of carbonyl (C=O) groups is 1. The van der Waals surface area contributed by atoms with Crippen LogP contribution in [0.4, 0.5) is 0 Å². The SMILES string of the molecule is COC(=O)[C@H]1[C@@H](c2ccc(Br)cc2)c2c([nH][nH]c2=O)C[C@@]1(C)O. The topological polar surface area (TPSA) is 95.2 Å². The molecule has 0 aliphatic heterocycles. The lowest BCUT2D eigenvalue weighted by Gasteiger charge is -2.40. The Kier molecular flexibility index (Phi) is 3.93. The molecule has 0 unspecified atom stereocenters. The molecule has 0 saturated heterocycles. The van der Waals surface area contributed by atoms with Crippen LogP contribution in [0, 0.1) is 5.92 Å². The molecular weight excluding hydrogens is 364 g/mol. The number of methoxy groups -OCH3 is 1. The first kappa shape index (κ1) is 16.0. The minimum absolute atomic E-state index is 0.174. The molecule has 3 atom stereocenters. The van der Waals surface area contributed by atoms with Crippen molar-refractivity contribution in [3.63, 3.8) is 0 Å². The van der Waals surface area contributed by atoms with E-state index < -0.39 is 23.4 Å². The molecule has 3 rings (SSSR count). The van der Waals surface area contributed by atoms with Gasteiger partial charge in [0, 0.05) is 28.1 Å². The highest BCUT2D eigenvalue weighted by atomic mass is 79.9. The Bertz CT molecular complexity index is 791. The molecule has 1 aromatic carbocycles. The first-order chi connectivity index (χ1) is 10.8. The van der Waals surface area contributed by atoms with Gasteiger partial charge >= 0.3 is 5.97 Å². The second-order valence-electron chi connectivity index (χ2n) is 6.04. The van der Waals surface area contributed by atoms with Gasteiger partial charge < -0.3 is 14.9 Å². The molecule has 0 fully saturated rings. The average molecular weight is 381 g/mol. The number of esters is 1. The first-order valence-corrected chi connectivity index (χ1v) is 7.99. The lowest BCUT2D eigenvalue weighted by atomic mass is 9.66. The lowest BCUT2D eigenvalue weighted by molar-refractivity contribution is -0.156. The van der Waals surface area contributed by atoms with Crippen molar-refractivity contribution in [1.29, 1.82) is 0 Å². The standard InChI is InChI=1S/C16H17BrN2O4/c1-16(22)7-10-12(14(20)19-18-10)11(13(16)15(21)23-2)8-3-5-9(17)6-4-8/h3-6,11,13,22H,7H2,1-2H3,(H2,18,19,20)/t11-,13+,16+/m0/s1. The van der Waals surface area contributed by atoms with Gasteiger partial charge in [-0.1, -0.05) is 28.1 Å². The Labute approximate surface area is 141 Å². The van der Waals surface area contributed by atoms with Gasteiger partial charge in [0.25, 0.3) is 5.56 Å². The van der Waals surface area contributed by atoms with Crippen LogP contribution in [0.2, 0.25) is 0 Å². The van der Waals surface area contributed by atoms with E-state index in [2.05, 4.69) is 26.1 Å². The van der Waals surface area contributed by atoms with Crippen molar-refractivity contribution in [1.82, 2.24) is 10.2 Å². The monoisotopic (exact) mass is 380 g/mol. The molecule has 1 aromatic heterocycles. The van der Waals surface area contributed by atoms with Crippen LogP contribution in [0.1, 0.15) is 29.7 Å². The van der Waals surface area contributed by atoms with Gasteiger partial charge in [0.05, 0.1) is 18.6 Å². The number of aromatic amines is 2. The van der Waals surface area contributed by atoms with Gasteiger partial charge in [-0.3, -0.25) is 14.7 Å². The molecule has 1 aliphatic carbocycles. The van der Waals surface area contributed by atoms with E-state index in [1.807, 2.05) is 24.3 Å². The summed E-state index contributed by atoms with van der Waals surface area (Å²) in [4.78, 5) is 24.6. The minimum atomic E-state index is -1.33. The number of fused-ring (bicyclic) bond motifs is 1. The molecule has 122 valence electrons. The third-order valence-corrected chi connectivity index (χ3v) is 4.96. The summed E-state index contributed by atoms with van der Waals surface area (Å²) in [6, 6.07) is 7.35. The summed E-state index contributed by atoms with van der Waals surface area (Å²) < 4.78 is 5.79. The maximum atomic E-state index is 12.4. The summed E-state index contributed by atoms with van der Waals surface area (Å²) in [7, 11) is 1.29. The van der Waals surface area contributed by atoms with Crippen LogP contribution in [0.25, 0.3) is 0 Å². The molecule has 6 nitrogen and oxygen atoms in total. The zero-order valence-corrected chi connectivity index (χ0v) is 14.3. The summed E-state index contributed by atoms with van der Waals surface area (Å²) in [6.07, 6.45) is 0.174. The molecule has 7 heteroatoms. The minimum Gasteiger partial charge on any atom is -0.469 e. The van der Waals surface area contributed by atoms with Crippen molar-refractivity contribution in [2.24, 2.45) is 5.92 Å². The van der Waals surface area contributed by atoms with Crippen LogP contribution in [-0.4, -0.2) is 34.0 Å². The number of rotatable bonds is 2. The summed E-state index contributed by atoms with van der Waals surface area (Å²) in [6.45, 7) is 1.59. The molecule has 23 heavy (non-hydrogen) atoms. The fourth-order valence-corrected chi connectivity index (χ4v) is 3.68. The number of hydrogen-bond acceptors (Lipinski definition) is 4. The quantitative estimate of drug-likeness (QED) is 0.690. The molecule has 2 aromatic rings. The molecule has 1 aliphatic rings. The second-order valence-corrected chi connectivity index (χ2v) is 6.95. The molecule has 0 radical (unpaired) electrons. The number of ether oxygens (including phenoxy) is 1. The van der Waals surface area contributed by atoms with Gasteiger partial charge in [-0.15, -0.1) is 0 Å². The smallest absolute Gasteiger partial charge is 0.312 e. The number of benzene rings is 1. The number of H-pyrrole nitrogens is 2. The molecule has 0 saturated carbocycles. The normalized spacial score (nSPS) is 26.6. The molecule has 0 bridgehead atoms. The summed E-state index contributed by atoms with van der Waals surface area (Å²) in [5.41, 5.74) is 0.262. The Balaban J connectivity index is 2.24.